The number of imide groups is 2. The number of hydrogen-bond acceptors (Lipinski definition) is 6. The number of anilines is 1. The fourth-order valence-corrected chi connectivity index (χ4v) is 8.54. The molecule has 1 saturated carbocycles. The van der Waals surface area contributed by atoms with Crippen LogP contribution in [0.2, 0.25) is 5.02 Å². The molecular formula is C35H31ClN2O6. The summed E-state index contributed by atoms with van der Waals surface area (Å²) < 4.78 is 5.37. The number of nitrogens with zero attached hydrogens (tertiary/aromatic N) is 2. The van der Waals surface area contributed by atoms with Crippen LogP contribution in [0, 0.1) is 23.7 Å². The molecule has 0 spiro atoms. The van der Waals surface area contributed by atoms with Crippen LogP contribution in [0.3, 0.4) is 0 Å². The van der Waals surface area contributed by atoms with E-state index in [1.807, 2.05) is 36.4 Å². The summed E-state index contributed by atoms with van der Waals surface area (Å²) in [6, 6.07) is 20.8. The van der Waals surface area contributed by atoms with Gasteiger partial charge in [-0.15, -0.1) is 0 Å². The molecular weight excluding hydrogens is 580 g/mol. The largest absolute Gasteiger partial charge is 0.508 e. The molecule has 0 bridgehead atoms. The van der Waals surface area contributed by atoms with Crippen LogP contribution in [0.4, 0.5) is 5.69 Å². The number of benzene rings is 3. The van der Waals surface area contributed by atoms with Gasteiger partial charge >= 0.3 is 0 Å². The zero-order valence-electron chi connectivity index (χ0n) is 24.3. The van der Waals surface area contributed by atoms with Crippen molar-refractivity contribution in [3.8, 4) is 11.5 Å². The van der Waals surface area contributed by atoms with Crippen LogP contribution < -0.4 is 9.64 Å². The summed E-state index contributed by atoms with van der Waals surface area (Å²) >= 11 is 6.34. The minimum atomic E-state index is -1.45. The van der Waals surface area contributed by atoms with Crippen molar-refractivity contribution < 1.29 is 29.0 Å². The van der Waals surface area contributed by atoms with Crippen molar-refractivity contribution in [2.24, 2.45) is 23.7 Å². The topological polar surface area (TPSA) is 104 Å². The Morgan fingerprint density at radius 3 is 2.39 bits per heavy atom. The van der Waals surface area contributed by atoms with Crippen LogP contribution in [-0.2, 0) is 24.6 Å². The second kappa shape index (κ2) is 10.3. The summed E-state index contributed by atoms with van der Waals surface area (Å²) in [7, 11) is 1.50. The number of carbonyl (C=O) groups excluding carboxylic acids is 4. The number of phenols is 1. The highest BCUT2D eigenvalue weighted by Gasteiger charge is 2.70. The van der Waals surface area contributed by atoms with Crippen LogP contribution in [0.1, 0.15) is 36.8 Å². The Morgan fingerprint density at radius 1 is 0.932 bits per heavy atom. The molecule has 2 saturated heterocycles. The van der Waals surface area contributed by atoms with Crippen LogP contribution in [0.25, 0.3) is 0 Å². The highest BCUT2D eigenvalue weighted by Crippen LogP contribution is 2.65. The summed E-state index contributed by atoms with van der Waals surface area (Å²) in [6.07, 6.45) is 2.51. The number of allylic oxidation sites excluding steroid dienone is 2. The molecule has 2 aliphatic carbocycles. The van der Waals surface area contributed by atoms with Gasteiger partial charge in [-0.25, -0.2) is 4.90 Å². The van der Waals surface area contributed by atoms with Gasteiger partial charge in [0.2, 0.25) is 23.6 Å². The van der Waals surface area contributed by atoms with E-state index < -0.39 is 46.8 Å². The number of hydrogen-bond donors (Lipinski definition) is 1. The van der Waals surface area contributed by atoms with E-state index in [1.165, 1.54) is 23.0 Å². The molecule has 1 N–H and O–H groups in total. The lowest BCUT2D eigenvalue weighted by molar-refractivity contribution is -0.140. The van der Waals surface area contributed by atoms with Crippen molar-refractivity contribution in [1.82, 2.24) is 4.90 Å². The predicted molar refractivity (Wildman–Crippen MR) is 163 cm³/mol. The van der Waals surface area contributed by atoms with Gasteiger partial charge in [-0.1, -0.05) is 65.7 Å². The summed E-state index contributed by atoms with van der Waals surface area (Å²) in [5.41, 5.74) is 0.790. The molecule has 44 heavy (non-hydrogen) atoms. The van der Waals surface area contributed by atoms with Gasteiger partial charge in [-0.3, -0.25) is 24.1 Å². The summed E-state index contributed by atoms with van der Waals surface area (Å²) in [5.74, 6) is -4.26. The highest BCUT2D eigenvalue weighted by atomic mass is 35.5. The minimum absolute atomic E-state index is 0.0856. The number of likely N-dealkylation sites (tertiary alicyclic amines) is 1. The normalized spacial score (nSPS) is 29.3. The third-order valence-electron chi connectivity index (χ3n) is 10.1. The average molecular weight is 611 g/mol. The van der Waals surface area contributed by atoms with Gasteiger partial charge in [0.25, 0.3) is 0 Å². The fraction of sp³-hybridized carbons (Fsp3) is 0.314. The van der Waals surface area contributed by atoms with E-state index in [-0.39, 0.29) is 30.5 Å². The molecule has 8 nitrogen and oxygen atoms in total. The van der Waals surface area contributed by atoms with Gasteiger partial charge in [0, 0.05) is 29.1 Å². The molecule has 224 valence electrons. The molecule has 2 aliphatic heterocycles. The van der Waals surface area contributed by atoms with Crippen molar-refractivity contribution in [2.75, 3.05) is 18.6 Å². The van der Waals surface area contributed by atoms with Crippen molar-refractivity contribution >= 4 is 40.9 Å². The Hall–Kier alpha value is -4.43. The summed E-state index contributed by atoms with van der Waals surface area (Å²) in [6.45, 7) is 2.05. The number of carbonyl (C=O) groups is 4. The predicted octanol–water partition coefficient (Wildman–Crippen LogP) is 5.24. The molecule has 3 aromatic rings. The van der Waals surface area contributed by atoms with E-state index >= 15 is 4.79 Å². The van der Waals surface area contributed by atoms with E-state index in [4.69, 9.17) is 16.3 Å². The molecule has 0 unspecified atom stereocenters. The van der Waals surface area contributed by atoms with Crippen LogP contribution >= 0.6 is 11.6 Å². The standard InChI is InChI=1S/C35H31ClN2O6/c1-3-37-31(40)25-15-14-23-26(29(25)33(37)42)18-27-32(41)38(21-11-7-10-20(36)16-21)34(43)35(27,19-8-5-4-6-9-19)30(23)24-13-12-22(44-2)17-28(24)39/h4-14,16-17,25-27,29-30,39H,3,15,18H2,1-2H3/t25-,26+,27-,29-,30+,35+/m0/s1. The van der Waals surface area contributed by atoms with E-state index in [0.29, 0.717) is 34.0 Å². The number of aromatic hydroxyl groups is 1. The molecule has 9 heteroatoms. The van der Waals surface area contributed by atoms with E-state index in [0.717, 1.165) is 5.57 Å². The van der Waals surface area contributed by atoms with Crippen LogP contribution in [-0.4, -0.2) is 47.3 Å². The Bertz CT molecular complexity index is 1750. The number of amides is 4. The zero-order valence-corrected chi connectivity index (χ0v) is 25.0. The molecule has 0 radical (unpaired) electrons. The Labute approximate surface area is 259 Å². The first-order valence-electron chi connectivity index (χ1n) is 14.9. The first kappa shape index (κ1) is 28.3. The summed E-state index contributed by atoms with van der Waals surface area (Å²) in [4.78, 5) is 59.4. The zero-order chi connectivity index (χ0) is 30.9. The van der Waals surface area contributed by atoms with Crippen molar-refractivity contribution in [1.29, 1.82) is 0 Å². The maximum atomic E-state index is 15.1. The van der Waals surface area contributed by atoms with Gasteiger partial charge in [0.15, 0.2) is 0 Å². The lowest BCUT2D eigenvalue weighted by atomic mass is 9.49. The quantitative estimate of drug-likeness (QED) is 0.313. The number of methoxy groups -OCH3 is 1. The molecule has 4 aliphatic rings. The van der Waals surface area contributed by atoms with Crippen molar-refractivity contribution in [3.63, 3.8) is 0 Å². The van der Waals surface area contributed by atoms with Gasteiger partial charge in [-0.05, 0) is 55.5 Å². The van der Waals surface area contributed by atoms with E-state index in [9.17, 15) is 19.5 Å². The molecule has 0 aromatic heterocycles. The average Bonchev–Trinajstić information content (AvgIpc) is 3.41. The molecule has 3 fully saturated rings. The van der Waals surface area contributed by atoms with Crippen LogP contribution in [0.15, 0.2) is 84.4 Å². The maximum Gasteiger partial charge on any atom is 0.246 e. The lowest BCUT2D eigenvalue weighted by Crippen LogP contribution is -2.53. The smallest absolute Gasteiger partial charge is 0.246 e. The molecule has 4 amide bonds. The SMILES string of the molecule is CCN1C(=O)[C@H]2[C@H](CC=C3[C@H]2C[C@H]2C(=O)N(c4cccc(Cl)c4)C(=O)[C@@]2(c2ccccc2)[C@H]3c2ccc(OC)cc2O)C1=O. The molecule has 7 rings (SSSR count). The van der Waals surface area contributed by atoms with Gasteiger partial charge in [0.1, 0.15) is 11.5 Å². The second-order valence-corrected chi connectivity index (χ2v) is 12.4. The Morgan fingerprint density at radius 2 is 1.70 bits per heavy atom. The maximum absolute atomic E-state index is 15.1. The second-order valence-electron chi connectivity index (χ2n) is 11.9. The summed E-state index contributed by atoms with van der Waals surface area (Å²) in [5, 5.41) is 11.9. The Balaban J connectivity index is 1.52. The van der Waals surface area contributed by atoms with Gasteiger partial charge in [0.05, 0.1) is 36.0 Å². The highest BCUT2D eigenvalue weighted by molar-refractivity contribution is 6.32. The van der Waals surface area contributed by atoms with E-state index in [1.54, 1.807) is 43.3 Å². The van der Waals surface area contributed by atoms with E-state index in [2.05, 4.69) is 0 Å². The lowest BCUT2D eigenvalue weighted by Gasteiger charge is -2.50. The first-order valence-corrected chi connectivity index (χ1v) is 15.2. The fourth-order valence-electron chi connectivity index (χ4n) is 8.36. The van der Waals surface area contributed by atoms with Crippen molar-refractivity contribution in [2.45, 2.75) is 31.1 Å². The number of phenolic OH excluding ortho intramolecular Hbond substituents is 1. The number of fused-ring (bicyclic) bond motifs is 4. The molecule has 3 aromatic carbocycles. The third kappa shape index (κ3) is 3.76. The third-order valence-corrected chi connectivity index (χ3v) is 10.4. The monoisotopic (exact) mass is 610 g/mol. The number of halogens is 1. The van der Waals surface area contributed by atoms with Gasteiger partial charge in [-0.2, -0.15) is 0 Å². The number of rotatable bonds is 5. The minimum Gasteiger partial charge on any atom is -0.508 e. The molecule has 6 atom stereocenters. The Kier molecular flexibility index (Phi) is 6.66. The first-order chi connectivity index (χ1) is 21.2. The van der Waals surface area contributed by atoms with Crippen molar-refractivity contribution in [3.05, 3.63) is 101 Å². The van der Waals surface area contributed by atoms with Gasteiger partial charge < -0.3 is 9.84 Å². The van der Waals surface area contributed by atoms with Crippen LogP contribution in [0.5, 0.6) is 11.5 Å². The number of ether oxygens (including phenoxy) is 1. The molecule has 2 heterocycles.